The minimum absolute atomic E-state index is 0.0844. The van der Waals surface area contributed by atoms with Crippen LogP contribution in [0.4, 0.5) is 0 Å². The Morgan fingerprint density at radius 1 is 1.38 bits per heavy atom. The lowest BCUT2D eigenvalue weighted by Gasteiger charge is -2.10. The Labute approximate surface area is 123 Å². The predicted molar refractivity (Wildman–Crippen MR) is 78.0 cm³/mol. The summed E-state index contributed by atoms with van der Waals surface area (Å²) in [4.78, 5) is 16.1. The second-order valence-electron chi connectivity index (χ2n) is 5.59. The van der Waals surface area contributed by atoms with Gasteiger partial charge in [0.15, 0.2) is 5.82 Å². The normalized spacial score (nSPS) is 12.8. The number of hydrogen-bond acceptors (Lipinski definition) is 5. The van der Waals surface area contributed by atoms with E-state index < -0.39 is 0 Å². The molecule has 0 saturated carbocycles. The van der Waals surface area contributed by atoms with E-state index in [0.29, 0.717) is 24.2 Å². The fourth-order valence-electron chi connectivity index (χ4n) is 1.79. The number of aromatic nitrogens is 3. The van der Waals surface area contributed by atoms with Crippen molar-refractivity contribution in [2.45, 2.75) is 40.3 Å². The first-order valence-corrected chi connectivity index (χ1v) is 7.07. The van der Waals surface area contributed by atoms with Gasteiger partial charge in [-0.1, -0.05) is 19.0 Å². The summed E-state index contributed by atoms with van der Waals surface area (Å²) in [6.07, 6.45) is 1.50. The quantitative estimate of drug-likeness (QED) is 0.817. The summed E-state index contributed by atoms with van der Waals surface area (Å²) in [5.41, 5.74) is 0.844. The molecular formula is C15H21N3O3. The van der Waals surface area contributed by atoms with Gasteiger partial charge in [-0.05, 0) is 31.4 Å². The van der Waals surface area contributed by atoms with Crippen LogP contribution in [0.1, 0.15) is 44.2 Å². The number of pyridine rings is 1. The third kappa shape index (κ3) is 4.26. The molecule has 0 aliphatic heterocycles. The Kier molecular flexibility index (Phi) is 4.90. The highest BCUT2D eigenvalue weighted by molar-refractivity contribution is 5.08. The van der Waals surface area contributed by atoms with Crippen LogP contribution in [0.15, 0.2) is 27.6 Å². The molecule has 0 unspecified atom stereocenters. The number of aryl methyl sites for hydroxylation is 1. The van der Waals surface area contributed by atoms with Crippen molar-refractivity contribution in [2.75, 3.05) is 6.61 Å². The van der Waals surface area contributed by atoms with E-state index in [4.69, 9.17) is 9.26 Å². The molecule has 0 aromatic carbocycles. The first-order valence-electron chi connectivity index (χ1n) is 7.07. The van der Waals surface area contributed by atoms with Crippen molar-refractivity contribution in [1.29, 1.82) is 0 Å². The molecule has 2 aromatic rings. The molecule has 0 bridgehead atoms. The molecule has 21 heavy (non-hydrogen) atoms. The molecule has 0 N–H and O–H groups in total. The maximum absolute atomic E-state index is 11.8. The molecule has 1 atom stereocenters. The van der Waals surface area contributed by atoms with Crippen molar-refractivity contribution in [3.63, 3.8) is 0 Å². The van der Waals surface area contributed by atoms with E-state index in [-0.39, 0.29) is 18.2 Å². The van der Waals surface area contributed by atoms with Crippen LogP contribution >= 0.6 is 0 Å². The molecule has 6 nitrogen and oxygen atoms in total. The van der Waals surface area contributed by atoms with E-state index in [1.807, 2.05) is 19.9 Å². The molecule has 0 spiro atoms. The first kappa shape index (κ1) is 15.4. The Hall–Kier alpha value is -1.95. The predicted octanol–water partition coefficient (Wildman–Crippen LogP) is 2.32. The molecule has 2 heterocycles. The zero-order chi connectivity index (χ0) is 15.4. The van der Waals surface area contributed by atoms with Crippen molar-refractivity contribution in [3.05, 3.63) is 46.0 Å². The van der Waals surface area contributed by atoms with Crippen LogP contribution in [0.2, 0.25) is 0 Å². The number of ether oxygens (including phenoxy) is 1. The van der Waals surface area contributed by atoms with E-state index in [1.165, 1.54) is 4.57 Å². The molecule has 0 aliphatic carbocycles. The maximum Gasteiger partial charge on any atom is 0.251 e. The van der Waals surface area contributed by atoms with Crippen LogP contribution in [0.5, 0.6) is 0 Å². The van der Waals surface area contributed by atoms with Gasteiger partial charge in [-0.2, -0.15) is 4.98 Å². The largest absolute Gasteiger partial charge is 0.370 e. The lowest BCUT2D eigenvalue weighted by molar-refractivity contribution is 0.0402. The van der Waals surface area contributed by atoms with Crippen molar-refractivity contribution >= 4 is 0 Å². The summed E-state index contributed by atoms with van der Waals surface area (Å²) in [6.45, 7) is 8.83. The molecular weight excluding hydrogens is 270 g/mol. The molecule has 0 saturated heterocycles. The topological polar surface area (TPSA) is 70.2 Å². The second kappa shape index (κ2) is 6.67. The van der Waals surface area contributed by atoms with Gasteiger partial charge >= 0.3 is 0 Å². The maximum atomic E-state index is 11.8. The van der Waals surface area contributed by atoms with E-state index in [0.717, 1.165) is 5.56 Å². The van der Waals surface area contributed by atoms with E-state index in [1.54, 1.807) is 12.3 Å². The summed E-state index contributed by atoms with van der Waals surface area (Å²) >= 11 is 0. The molecule has 6 heteroatoms. The standard InChI is InChI=1S/C15H21N3O3/c1-10(2)9-20-12(4)15-16-13(21-17-15)8-18-6-5-11(3)7-14(18)19/h5-7,10,12H,8-9H2,1-4H3/t12-/m0/s1. The van der Waals surface area contributed by atoms with E-state index in [2.05, 4.69) is 24.0 Å². The van der Waals surface area contributed by atoms with Gasteiger partial charge in [0.1, 0.15) is 12.6 Å². The van der Waals surface area contributed by atoms with Gasteiger partial charge in [-0.3, -0.25) is 4.79 Å². The Balaban J connectivity index is 2.04. The Morgan fingerprint density at radius 2 is 2.14 bits per heavy atom. The first-order chi connectivity index (χ1) is 9.95. The molecule has 0 amide bonds. The number of hydrogen-bond donors (Lipinski definition) is 0. The van der Waals surface area contributed by atoms with Crippen LogP contribution in [-0.4, -0.2) is 21.3 Å². The lowest BCUT2D eigenvalue weighted by Crippen LogP contribution is -2.19. The van der Waals surface area contributed by atoms with Crippen LogP contribution in [-0.2, 0) is 11.3 Å². The van der Waals surface area contributed by atoms with Crippen LogP contribution in [0.3, 0.4) is 0 Å². The van der Waals surface area contributed by atoms with Gasteiger partial charge in [0, 0.05) is 18.9 Å². The van der Waals surface area contributed by atoms with Crippen molar-refractivity contribution in [2.24, 2.45) is 5.92 Å². The molecule has 0 fully saturated rings. The second-order valence-corrected chi connectivity index (χ2v) is 5.59. The van der Waals surface area contributed by atoms with Gasteiger partial charge in [-0.15, -0.1) is 0 Å². The van der Waals surface area contributed by atoms with Crippen LogP contribution in [0, 0.1) is 12.8 Å². The van der Waals surface area contributed by atoms with Gasteiger partial charge in [0.25, 0.3) is 5.56 Å². The third-order valence-corrected chi connectivity index (χ3v) is 2.98. The zero-order valence-electron chi connectivity index (χ0n) is 12.9. The number of rotatable bonds is 6. The smallest absolute Gasteiger partial charge is 0.251 e. The SMILES string of the molecule is Cc1ccn(Cc2nc([C@H](C)OCC(C)C)no2)c(=O)c1. The minimum atomic E-state index is -0.223. The van der Waals surface area contributed by atoms with E-state index in [9.17, 15) is 4.79 Å². The van der Waals surface area contributed by atoms with Crippen LogP contribution in [0.25, 0.3) is 0 Å². The monoisotopic (exact) mass is 291 g/mol. The van der Waals surface area contributed by atoms with Gasteiger partial charge in [0.05, 0.1) is 0 Å². The summed E-state index contributed by atoms with van der Waals surface area (Å²) in [7, 11) is 0. The zero-order valence-corrected chi connectivity index (χ0v) is 12.9. The molecule has 0 radical (unpaired) electrons. The highest BCUT2D eigenvalue weighted by atomic mass is 16.5. The fourth-order valence-corrected chi connectivity index (χ4v) is 1.79. The number of nitrogens with zero attached hydrogens (tertiary/aromatic N) is 3. The Bertz CT molecular complexity index is 646. The van der Waals surface area contributed by atoms with Crippen molar-refractivity contribution in [3.8, 4) is 0 Å². The van der Waals surface area contributed by atoms with Gasteiger partial charge in [0.2, 0.25) is 5.89 Å². The van der Waals surface area contributed by atoms with Crippen molar-refractivity contribution < 1.29 is 9.26 Å². The highest BCUT2D eigenvalue weighted by Gasteiger charge is 2.15. The molecule has 2 aromatic heterocycles. The average molecular weight is 291 g/mol. The summed E-state index contributed by atoms with van der Waals surface area (Å²) in [5, 5.41) is 3.91. The lowest BCUT2D eigenvalue weighted by atomic mass is 10.2. The molecule has 0 aliphatic rings. The summed E-state index contributed by atoms with van der Waals surface area (Å²) < 4.78 is 12.4. The summed E-state index contributed by atoms with van der Waals surface area (Å²) in [5.74, 6) is 1.35. The van der Waals surface area contributed by atoms with Gasteiger partial charge in [-0.25, -0.2) is 0 Å². The molecule has 2 rings (SSSR count). The Morgan fingerprint density at radius 3 is 2.81 bits per heavy atom. The third-order valence-electron chi connectivity index (χ3n) is 2.98. The van der Waals surface area contributed by atoms with Crippen LogP contribution < -0.4 is 5.56 Å². The van der Waals surface area contributed by atoms with Gasteiger partial charge < -0.3 is 13.8 Å². The minimum Gasteiger partial charge on any atom is -0.370 e. The average Bonchev–Trinajstić information content (AvgIpc) is 2.88. The van der Waals surface area contributed by atoms with Crippen molar-refractivity contribution in [1.82, 2.24) is 14.7 Å². The summed E-state index contributed by atoms with van der Waals surface area (Å²) in [6, 6.07) is 3.44. The highest BCUT2D eigenvalue weighted by Crippen LogP contribution is 2.14. The molecule has 114 valence electrons. The fraction of sp³-hybridized carbons (Fsp3) is 0.533. The van der Waals surface area contributed by atoms with E-state index >= 15 is 0 Å².